The summed E-state index contributed by atoms with van der Waals surface area (Å²) < 4.78 is 1.99. The van der Waals surface area contributed by atoms with E-state index in [9.17, 15) is 4.79 Å². The number of aryl methyl sites for hydroxylation is 1. The Morgan fingerprint density at radius 1 is 1.50 bits per heavy atom. The zero-order valence-corrected chi connectivity index (χ0v) is 14.6. The second-order valence-corrected chi connectivity index (χ2v) is 7.09. The largest absolute Gasteiger partial charge is 0.339 e. The third-order valence-corrected chi connectivity index (χ3v) is 5.29. The molecule has 2 unspecified atom stereocenters. The minimum absolute atomic E-state index is 0.140. The normalized spacial score (nSPS) is 20.0. The minimum atomic E-state index is -0.140. The Kier molecular flexibility index (Phi) is 6.06. The maximum atomic E-state index is 12.8. The number of allylic oxidation sites excluding steroid dienone is 1. The first kappa shape index (κ1) is 17.1. The Labute approximate surface area is 137 Å². The van der Waals surface area contributed by atoms with Crippen LogP contribution in [0.3, 0.4) is 0 Å². The molecule has 2 rings (SSSR count). The molecule has 1 aliphatic heterocycles. The Bertz CT molecular complexity index is 528. The molecular weight excluding hydrogens is 296 g/mol. The van der Waals surface area contributed by atoms with Gasteiger partial charge in [0.2, 0.25) is 5.91 Å². The highest BCUT2D eigenvalue weighted by molar-refractivity contribution is 8.00. The van der Waals surface area contributed by atoms with Gasteiger partial charge >= 0.3 is 0 Å². The molecule has 0 saturated carbocycles. The van der Waals surface area contributed by atoms with Crippen LogP contribution in [0.25, 0.3) is 0 Å². The van der Waals surface area contributed by atoms with Crippen LogP contribution in [0.2, 0.25) is 0 Å². The van der Waals surface area contributed by atoms with Crippen LogP contribution in [0.4, 0.5) is 0 Å². The second kappa shape index (κ2) is 7.81. The first-order valence-electron chi connectivity index (χ1n) is 8.06. The maximum Gasteiger partial charge on any atom is 0.236 e. The number of likely N-dealkylation sites (tertiary alicyclic amines) is 1. The van der Waals surface area contributed by atoms with E-state index in [1.807, 2.05) is 24.5 Å². The standard InChI is InChI=1S/C16H26N4OS/c1-5-10-19-13(4)17-18-16(19)22-12(3)15(21)20-11-8-7-9-14(20)6-2/h5,12,14H,1,6-11H2,2-4H3. The SMILES string of the molecule is C=CCn1c(C)nnc1SC(C)C(=O)N1CCCCC1CC. The van der Waals surface area contributed by atoms with Crippen molar-refractivity contribution in [2.45, 2.75) is 69.4 Å². The summed E-state index contributed by atoms with van der Waals surface area (Å²) in [6.07, 6.45) is 6.34. The zero-order valence-electron chi connectivity index (χ0n) is 13.8. The molecule has 0 aliphatic carbocycles. The quantitative estimate of drug-likeness (QED) is 0.597. The summed E-state index contributed by atoms with van der Waals surface area (Å²) in [5, 5.41) is 8.96. The number of carbonyl (C=O) groups is 1. The first-order valence-corrected chi connectivity index (χ1v) is 8.94. The van der Waals surface area contributed by atoms with Crippen LogP contribution in [0.5, 0.6) is 0 Å². The van der Waals surface area contributed by atoms with Crippen LogP contribution in [0, 0.1) is 6.92 Å². The number of nitrogens with zero attached hydrogens (tertiary/aromatic N) is 4. The lowest BCUT2D eigenvalue weighted by atomic mass is 10.00. The van der Waals surface area contributed by atoms with Gasteiger partial charge in [-0.25, -0.2) is 0 Å². The topological polar surface area (TPSA) is 51.0 Å². The number of thioether (sulfide) groups is 1. The van der Waals surface area contributed by atoms with E-state index in [1.54, 1.807) is 0 Å². The van der Waals surface area contributed by atoms with Crippen molar-refractivity contribution in [2.24, 2.45) is 0 Å². The smallest absolute Gasteiger partial charge is 0.236 e. The van der Waals surface area contributed by atoms with Crippen LogP contribution < -0.4 is 0 Å². The minimum Gasteiger partial charge on any atom is -0.339 e. The molecule has 2 atom stereocenters. The van der Waals surface area contributed by atoms with E-state index >= 15 is 0 Å². The third-order valence-electron chi connectivity index (χ3n) is 4.22. The molecule has 1 aromatic heterocycles. The van der Waals surface area contributed by atoms with Crippen LogP contribution in [0.1, 0.15) is 45.4 Å². The fraction of sp³-hybridized carbons (Fsp3) is 0.688. The van der Waals surface area contributed by atoms with Crippen molar-refractivity contribution in [2.75, 3.05) is 6.54 Å². The molecule has 0 spiro atoms. The summed E-state index contributed by atoms with van der Waals surface area (Å²) in [5.41, 5.74) is 0. The van der Waals surface area contributed by atoms with Gasteiger partial charge in [0, 0.05) is 19.1 Å². The molecule has 1 fully saturated rings. The number of rotatable bonds is 6. The summed E-state index contributed by atoms with van der Waals surface area (Å²) in [7, 11) is 0. The Morgan fingerprint density at radius 3 is 2.95 bits per heavy atom. The highest BCUT2D eigenvalue weighted by atomic mass is 32.2. The highest BCUT2D eigenvalue weighted by Gasteiger charge is 2.29. The molecule has 6 heteroatoms. The second-order valence-electron chi connectivity index (χ2n) is 5.78. The number of carbonyl (C=O) groups excluding carboxylic acids is 1. The van der Waals surface area contributed by atoms with Gasteiger partial charge in [0.15, 0.2) is 5.16 Å². The van der Waals surface area contributed by atoms with Gasteiger partial charge in [0.1, 0.15) is 5.82 Å². The van der Waals surface area contributed by atoms with E-state index < -0.39 is 0 Å². The van der Waals surface area contributed by atoms with Gasteiger partial charge in [0.05, 0.1) is 5.25 Å². The molecule has 1 aromatic rings. The number of hydrogen-bond acceptors (Lipinski definition) is 4. The fourth-order valence-corrected chi connectivity index (χ4v) is 3.92. The molecule has 1 saturated heterocycles. The molecule has 0 N–H and O–H groups in total. The maximum absolute atomic E-state index is 12.8. The summed E-state index contributed by atoms with van der Waals surface area (Å²) in [5.74, 6) is 1.08. The van der Waals surface area contributed by atoms with Crippen LogP contribution >= 0.6 is 11.8 Å². The average Bonchev–Trinajstić information content (AvgIpc) is 2.87. The van der Waals surface area contributed by atoms with E-state index in [2.05, 4.69) is 28.6 Å². The lowest BCUT2D eigenvalue weighted by Gasteiger charge is -2.36. The lowest BCUT2D eigenvalue weighted by molar-refractivity contribution is -0.134. The van der Waals surface area contributed by atoms with E-state index in [1.165, 1.54) is 18.2 Å². The van der Waals surface area contributed by atoms with Crippen molar-refractivity contribution < 1.29 is 4.79 Å². The van der Waals surface area contributed by atoms with Gasteiger partial charge < -0.3 is 9.47 Å². The van der Waals surface area contributed by atoms with Crippen LogP contribution in [-0.2, 0) is 11.3 Å². The number of aromatic nitrogens is 3. The highest BCUT2D eigenvalue weighted by Crippen LogP contribution is 2.27. The molecule has 1 amide bonds. The average molecular weight is 322 g/mol. The van der Waals surface area contributed by atoms with Crippen molar-refractivity contribution in [3.05, 3.63) is 18.5 Å². The van der Waals surface area contributed by atoms with Gasteiger partial charge in [-0.3, -0.25) is 4.79 Å². The summed E-state index contributed by atoms with van der Waals surface area (Å²) in [4.78, 5) is 14.8. The molecule has 22 heavy (non-hydrogen) atoms. The third kappa shape index (κ3) is 3.72. The molecule has 1 aliphatic rings. The van der Waals surface area contributed by atoms with Crippen molar-refractivity contribution >= 4 is 17.7 Å². The Morgan fingerprint density at radius 2 is 2.27 bits per heavy atom. The first-order chi connectivity index (χ1) is 10.6. The van der Waals surface area contributed by atoms with Crippen molar-refractivity contribution in [3.63, 3.8) is 0 Å². The molecule has 0 aromatic carbocycles. The number of amides is 1. The predicted molar refractivity (Wildman–Crippen MR) is 89.9 cm³/mol. The van der Waals surface area contributed by atoms with Crippen LogP contribution in [0.15, 0.2) is 17.8 Å². The van der Waals surface area contributed by atoms with Crippen molar-refractivity contribution in [1.29, 1.82) is 0 Å². The summed E-state index contributed by atoms with van der Waals surface area (Å²) in [6.45, 7) is 11.4. The van der Waals surface area contributed by atoms with E-state index in [4.69, 9.17) is 0 Å². The van der Waals surface area contributed by atoms with Gasteiger partial charge in [0.25, 0.3) is 0 Å². The van der Waals surface area contributed by atoms with Crippen LogP contribution in [-0.4, -0.2) is 43.4 Å². The monoisotopic (exact) mass is 322 g/mol. The predicted octanol–water partition coefficient (Wildman–Crippen LogP) is 3.04. The molecule has 122 valence electrons. The summed E-state index contributed by atoms with van der Waals surface area (Å²) in [6, 6.07) is 0.400. The lowest BCUT2D eigenvalue weighted by Crippen LogP contribution is -2.46. The molecule has 0 bridgehead atoms. The summed E-state index contributed by atoms with van der Waals surface area (Å²) >= 11 is 1.50. The number of hydrogen-bond donors (Lipinski definition) is 0. The van der Waals surface area contributed by atoms with Gasteiger partial charge in [-0.2, -0.15) is 0 Å². The Hall–Kier alpha value is -1.30. The van der Waals surface area contributed by atoms with Gasteiger partial charge in [-0.05, 0) is 39.5 Å². The van der Waals surface area contributed by atoms with Crippen molar-refractivity contribution in [1.82, 2.24) is 19.7 Å². The van der Waals surface area contributed by atoms with Gasteiger partial charge in [-0.1, -0.05) is 24.8 Å². The van der Waals surface area contributed by atoms with E-state index in [0.29, 0.717) is 12.6 Å². The molecule has 2 heterocycles. The van der Waals surface area contributed by atoms with Crippen molar-refractivity contribution in [3.8, 4) is 0 Å². The molecule has 0 radical (unpaired) electrons. The number of piperidine rings is 1. The zero-order chi connectivity index (χ0) is 16.1. The van der Waals surface area contributed by atoms with Gasteiger partial charge in [-0.15, -0.1) is 16.8 Å². The van der Waals surface area contributed by atoms with E-state index in [0.717, 1.165) is 36.8 Å². The Balaban J connectivity index is 2.06. The molecule has 5 nitrogen and oxygen atoms in total. The fourth-order valence-electron chi connectivity index (χ4n) is 2.95. The van der Waals surface area contributed by atoms with E-state index in [-0.39, 0.29) is 11.2 Å². The molecular formula is C16H26N4OS.